The standard InChI is InChI=1S/C29H37N7O3/c1-4-7-35-18-21(14-30-35)17-33-8-9-34(16-20(33)3)29(38)23-13-24-26(12-19(23)2)32-28(37)25-15-31-36(27(24)25)22-5-10-39-11-6-22/h12-15,18,20,22H,4-11,16-17H2,1-3H3,(H,32,37)/t20-/m0/s1. The van der Waals surface area contributed by atoms with Gasteiger partial charge < -0.3 is 14.6 Å². The first-order valence-electron chi connectivity index (χ1n) is 14.1. The molecule has 1 aromatic carbocycles. The van der Waals surface area contributed by atoms with E-state index >= 15 is 0 Å². The van der Waals surface area contributed by atoms with Gasteiger partial charge >= 0.3 is 0 Å². The number of carbonyl (C=O) groups is 1. The van der Waals surface area contributed by atoms with E-state index in [0.717, 1.165) is 60.9 Å². The Labute approximate surface area is 227 Å². The van der Waals surface area contributed by atoms with Gasteiger partial charge in [0.05, 0.1) is 34.9 Å². The van der Waals surface area contributed by atoms with Crippen molar-refractivity contribution in [3.8, 4) is 0 Å². The first-order chi connectivity index (χ1) is 18.9. The lowest BCUT2D eigenvalue weighted by Gasteiger charge is -2.40. The number of nitrogens with one attached hydrogen (secondary N) is 1. The molecule has 0 unspecified atom stereocenters. The molecular weight excluding hydrogens is 494 g/mol. The maximum absolute atomic E-state index is 13.9. The molecule has 3 aromatic heterocycles. The lowest BCUT2D eigenvalue weighted by molar-refractivity contribution is 0.0494. The van der Waals surface area contributed by atoms with E-state index in [1.807, 2.05) is 39.5 Å². The molecule has 6 rings (SSSR count). The van der Waals surface area contributed by atoms with Crippen LogP contribution in [0.1, 0.15) is 60.6 Å². The molecule has 0 aliphatic carbocycles. The number of aromatic nitrogens is 5. The highest BCUT2D eigenvalue weighted by molar-refractivity contribution is 6.07. The van der Waals surface area contributed by atoms with Crippen molar-refractivity contribution >= 4 is 27.7 Å². The van der Waals surface area contributed by atoms with Crippen LogP contribution < -0.4 is 5.56 Å². The van der Waals surface area contributed by atoms with Gasteiger partial charge in [-0.05, 0) is 50.8 Å². The summed E-state index contributed by atoms with van der Waals surface area (Å²) in [4.78, 5) is 34.1. The zero-order chi connectivity index (χ0) is 27.1. The Bertz CT molecular complexity index is 1560. The number of aromatic amines is 1. The molecule has 4 aromatic rings. The van der Waals surface area contributed by atoms with Crippen LogP contribution in [0.2, 0.25) is 0 Å². The van der Waals surface area contributed by atoms with Crippen LogP contribution in [0.3, 0.4) is 0 Å². The number of H-pyrrole nitrogens is 1. The van der Waals surface area contributed by atoms with Crippen LogP contribution in [0, 0.1) is 6.92 Å². The molecular formula is C29H37N7O3. The molecule has 2 aliphatic rings. The van der Waals surface area contributed by atoms with Crippen molar-refractivity contribution in [2.75, 3.05) is 32.8 Å². The second-order valence-corrected chi connectivity index (χ2v) is 11.0. The van der Waals surface area contributed by atoms with Gasteiger partial charge in [0, 0.05) is 74.7 Å². The molecule has 10 nitrogen and oxygen atoms in total. The first kappa shape index (κ1) is 25.8. The van der Waals surface area contributed by atoms with Gasteiger partial charge in [-0.25, -0.2) is 0 Å². The molecule has 0 radical (unpaired) electrons. The van der Waals surface area contributed by atoms with Gasteiger partial charge in [0.2, 0.25) is 0 Å². The Morgan fingerprint density at radius 3 is 2.72 bits per heavy atom. The van der Waals surface area contributed by atoms with Crippen molar-refractivity contribution in [1.82, 2.24) is 34.3 Å². The van der Waals surface area contributed by atoms with Crippen LogP contribution in [0.25, 0.3) is 21.8 Å². The third-order valence-corrected chi connectivity index (χ3v) is 8.25. The Balaban J connectivity index is 1.27. The lowest BCUT2D eigenvalue weighted by Crippen LogP contribution is -2.53. The van der Waals surface area contributed by atoms with Crippen molar-refractivity contribution in [3.63, 3.8) is 0 Å². The minimum absolute atomic E-state index is 0.0353. The Kier molecular flexibility index (Phi) is 6.99. The average Bonchev–Trinajstić information content (AvgIpc) is 3.58. The van der Waals surface area contributed by atoms with Gasteiger partial charge in [-0.1, -0.05) is 6.92 Å². The number of fused-ring (bicyclic) bond motifs is 3. The fraction of sp³-hybridized carbons (Fsp3) is 0.517. The number of aryl methyl sites for hydroxylation is 2. The summed E-state index contributed by atoms with van der Waals surface area (Å²) in [7, 11) is 0. The first-order valence-corrected chi connectivity index (χ1v) is 14.1. The molecule has 2 fully saturated rings. The number of piperazine rings is 1. The Morgan fingerprint density at radius 2 is 1.95 bits per heavy atom. The summed E-state index contributed by atoms with van der Waals surface area (Å²) in [5, 5.41) is 10.5. The zero-order valence-corrected chi connectivity index (χ0v) is 23.0. The van der Waals surface area contributed by atoms with Crippen molar-refractivity contribution in [1.29, 1.82) is 0 Å². The molecule has 1 amide bonds. The molecule has 0 spiro atoms. The van der Waals surface area contributed by atoms with Gasteiger partial charge in [0.1, 0.15) is 0 Å². The highest BCUT2D eigenvalue weighted by Crippen LogP contribution is 2.30. The number of amides is 1. The largest absolute Gasteiger partial charge is 0.381 e. The Hall–Kier alpha value is -3.50. The summed E-state index contributed by atoms with van der Waals surface area (Å²) in [6.07, 6.45) is 8.49. The molecule has 206 valence electrons. The number of carbonyl (C=O) groups excluding carboxylic acids is 1. The van der Waals surface area contributed by atoms with Gasteiger partial charge in [-0.2, -0.15) is 10.2 Å². The summed E-state index contributed by atoms with van der Waals surface area (Å²) in [5.41, 5.74) is 4.13. The third kappa shape index (κ3) is 4.87. The predicted molar refractivity (Wildman–Crippen MR) is 150 cm³/mol. The average molecular weight is 532 g/mol. The number of hydrogen-bond acceptors (Lipinski definition) is 6. The summed E-state index contributed by atoms with van der Waals surface area (Å²) < 4.78 is 9.52. The normalized spacial score (nSPS) is 19.4. The second-order valence-electron chi connectivity index (χ2n) is 11.0. The topological polar surface area (TPSA) is 101 Å². The number of pyridine rings is 1. The van der Waals surface area contributed by atoms with Crippen LogP contribution in [0.15, 0.2) is 35.5 Å². The minimum atomic E-state index is -0.153. The smallest absolute Gasteiger partial charge is 0.259 e. The fourth-order valence-electron chi connectivity index (χ4n) is 6.09. The molecule has 1 N–H and O–H groups in total. The second kappa shape index (κ2) is 10.6. The van der Waals surface area contributed by atoms with Gasteiger partial charge in [-0.3, -0.25) is 23.9 Å². The van der Waals surface area contributed by atoms with Crippen LogP contribution in [-0.4, -0.2) is 79.1 Å². The molecule has 39 heavy (non-hydrogen) atoms. The number of benzene rings is 1. The lowest BCUT2D eigenvalue weighted by atomic mass is 10.0. The van der Waals surface area contributed by atoms with Crippen LogP contribution in [0.4, 0.5) is 0 Å². The number of ether oxygens (including phenoxy) is 1. The summed E-state index contributed by atoms with van der Waals surface area (Å²) in [6.45, 7) is 11.6. The van der Waals surface area contributed by atoms with E-state index in [0.29, 0.717) is 37.3 Å². The Morgan fingerprint density at radius 1 is 1.13 bits per heavy atom. The molecule has 2 saturated heterocycles. The maximum atomic E-state index is 13.9. The SMILES string of the molecule is CCCn1cc(CN2CCN(C(=O)c3cc4c(cc3C)[nH]c(=O)c3cnn(C5CCOCC5)c34)C[C@@H]2C)cn1. The molecule has 0 saturated carbocycles. The highest BCUT2D eigenvalue weighted by Gasteiger charge is 2.29. The van der Waals surface area contributed by atoms with E-state index in [1.54, 1.807) is 6.20 Å². The van der Waals surface area contributed by atoms with Crippen LogP contribution >= 0.6 is 0 Å². The fourth-order valence-corrected chi connectivity index (χ4v) is 6.09. The monoisotopic (exact) mass is 531 g/mol. The van der Waals surface area contributed by atoms with E-state index in [4.69, 9.17) is 4.74 Å². The summed E-state index contributed by atoms with van der Waals surface area (Å²) in [6, 6.07) is 4.29. The van der Waals surface area contributed by atoms with E-state index in [9.17, 15) is 9.59 Å². The number of nitrogens with zero attached hydrogens (tertiary/aromatic N) is 6. The van der Waals surface area contributed by atoms with Crippen molar-refractivity contribution in [3.05, 3.63) is 57.8 Å². The zero-order valence-electron chi connectivity index (χ0n) is 23.0. The quantitative estimate of drug-likeness (QED) is 0.409. The molecule has 2 aliphatic heterocycles. The van der Waals surface area contributed by atoms with E-state index in [-0.39, 0.29) is 23.6 Å². The molecule has 10 heteroatoms. The predicted octanol–water partition coefficient (Wildman–Crippen LogP) is 3.49. The van der Waals surface area contributed by atoms with Gasteiger partial charge in [0.25, 0.3) is 11.5 Å². The number of rotatable bonds is 6. The molecule has 0 bridgehead atoms. The van der Waals surface area contributed by atoms with Crippen molar-refractivity contribution in [2.45, 2.75) is 65.2 Å². The van der Waals surface area contributed by atoms with Gasteiger partial charge in [0.15, 0.2) is 0 Å². The number of hydrogen-bond donors (Lipinski definition) is 1. The maximum Gasteiger partial charge on any atom is 0.259 e. The van der Waals surface area contributed by atoms with Crippen molar-refractivity contribution in [2.24, 2.45) is 0 Å². The van der Waals surface area contributed by atoms with E-state index in [1.165, 1.54) is 5.56 Å². The summed E-state index contributed by atoms with van der Waals surface area (Å²) in [5.74, 6) is 0.0353. The van der Waals surface area contributed by atoms with Crippen molar-refractivity contribution < 1.29 is 9.53 Å². The van der Waals surface area contributed by atoms with E-state index in [2.05, 4.69) is 40.1 Å². The van der Waals surface area contributed by atoms with Crippen LogP contribution in [0.5, 0.6) is 0 Å². The highest BCUT2D eigenvalue weighted by atomic mass is 16.5. The summed E-state index contributed by atoms with van der Waals surface area (Å²) >= 11 is 0. The molecule has 1 atom stereocenters. The van der Waals surface area contributed by atoms with Gasteiger partial charge in [-0.15, -0.1) is 0 Å². The van der Waals surface area contributed by atoms with E-state index < -0.39 is 0 Å². The molecule has 5 heterocycles. The minimum Gasteiger partial charge on any atom is -0.381 e. The van der Waals surface area contributed by atoms with Crippen LogP contribution in [-0.2, 0) is 17.8 Å². The third-order valence-electron chi connectivity index (χ3n) is 8.25.